The fourth-order valence-corrected chi connectivity index (χ4v) is 3.68. The maximum atomic E-state index is 11.0. The van der Waals surface area contributed by atoms with Crippen LogP contribution in [0.4, 0.5) is 0 Å². The smallest absolute Gasteiger partial charge is 0.330 e. The minimum Gasteiger partial charge on any atom is -0.463 e. The summed E-state index contributed by atoms with van der Waals surface area (Å²) in [5.74, 6) is 2.08. The monoisotopic (exact) mass is 218 g/mol. The van der Waals surface area contributed by atoms with Gasteiger partial charge in [-0.3, -0.25) is 0 Å². The van der Waals surface area contributed by atoms with E-state index >= 15 is 0 Å². The van der Waals surface area contributed by atoms with Gasteiger partial charge in [0.05, 0.1) is 10.7 Å². The van der Waals surface area contributed by atoms with Gasteiger partial charge >= 0.3 is 5.97 Å². The van der Waals surface area contributed by atoms with Gasteiger partial charge in [-0.25, -0.2) is 4.79 Å². The molecule has 0 saturated carbocycles. The zero-order valence-corrected chi connectivity index (χ0v) is 9.54. The number of carbonyl (C=O) groups excluding carboxylic acids is 1. The van der Waals surface area contributed by atoms with Crippen molar-refractivity contribution in [3.8, 4) is 0 Å². The van der Waals surface area contributed by atoms with Crippen molar-refractivity contribution in [1.29, 1.82) is 0 Å². The molecule has 1 aliphatic heterocycles. The fraction of sp³-hybridized carbons (Fsp3) is 0.667. The number of esters is 1. The molecule has 0 radical (unpaired) electrons. The molecule has 4 heteroatoms. The van der Waals surface area contributed by atoms with Gasteiger partial charge in [-0.05, 0) is 13.8 Å². The Morgan fingerprint density at radius 3 is 2.69 bits per heavy atom. The first-order chi connectivity index (χ1) is 6.16. The summed E-state index contributed by atoms with van der Waals surface area (Å²) >= 11 is 3.75. The van der Waals surface area contributed by atoms with Crippen LogP contribution < -0.4 is 0 Å². The first kappa shape index (κ1) is 11.0. The summed E-state index contributed by atoms with van der Waals surface area (Å²) in [6, 6.07) is 0. The second-order valence-electron chi connectivity index (χ2n) is 2.80. The normalized spacial score (nSPS) is 20.8. The van der Waals surface area contributed by atoms with Crippen LogP contribution in [0.1, 0.15) is 13.8 Å². The number of carbonyl (C=O) groups is 1. The number of rotatable bonds is 3. The summed E-state index contributed by atoms with van der Waals surface area (Å²) in [5.41, 5.74) is 0. The third-order valence-electron chi connectivity index (χ3n) is 1.67. The highest BCUT2D eigenvalue weighted by Gasteiger charge is 2.27. The number of thioether (sulfide) groups is 2. The van der Waals surface area contributed by atoms with E-state index in [-0.39, 0.29) is 10.0 Å². The highest BCUT2D eigenvalue weighted by molar-refractivity contribution is 8.21. The molecule has 0 aromatic carbocycles. The van der Waals surface area contributed by atoms with Gasteiger partial charge in [0.25, 0.3) is 0 Å². The topological polar surface area (TPSA) is 26.3 Å². The van der Waals surface area contributed by atoms with Crippen LogP contribution >= 0.6 is 23.5 Å². The lowest BCUT2D eigenvalue weighted by Gasteiger charge is -2.15. The lowest BCUT2D eigenvalue weighted by atomic mass is 10.4. The fourth-order valence-electron chi connectivity index (χ4n) is 1.04. The molecular formula is C9H14O2S2. The Balaban J connectivity index is 2.41. The second-order valence-corrected chi connectivity index (χ2v) is 6.15. The lowest BCUT2D eigenvalue weighted by Crippen LogP contribution is -2.08. The average Bonchev–Trinajstić information content (AvgIpc) is 2.51. The molecule has 1 heterocycles. The first-order valence-electron chi connectivity index (χ1n) is 4.30. The van der Waals surface area contributed by atoms with Crippen LogP contribution in [0.5, 0.6) is 0 Å². The Hall–Kier alpha value is -0.0900. The van der Waals surface area contributed by atoms with E-state index in [1.165, 1.54) is 6.08 Å². The van der Waals surface area contributed by atoms with Gasteiger partial charge in [-0.2, -0.15) is 0 Å². The largest absolute Gasteiger partial charge is 0.463 e. The van der Waals surface area contributed by atoms with E-state index in [0.717, 1.165) is 11.5 Å². The van der Waals surface area contributed by atoms with E-state index < -0.39 is 0 Å². The van der Waals surface area contributed by atoms with Gasteiger partial charge in [-0.1, -0.05) is 6.08 Å². The molecule has 1 fully saturated rings. The zero-order chi connectivity index (χ0) is 9.73. The summed E-state index contributed by atoms with van der Waals surface area (Å²) in [6.45, 7) is 4.39. The van der Waals surface area contributed by atoms with Crippen molar-refractivity contribution in [3.63, 3.8) is 0 Å². The molecule has 0 aromatic heterocycles. The first-order valence-corrected chi connectivity index (χ1v) is 6.27. The predicted octanol–water partition coefficient (Wildman–Crippen LogP) is 2.30. The quantitative estimate of drug-likeness (QED) is 0.536. The molecule has 0 unspecified atom stereocenters. The minimum atomic E-state index is -0.239. The number of hydrogen-bond acceptors (Lipinski definition) is 4. The van der Waals surface area contributed by atoms with Crippen LogP contribution in [0.25, 0.3) is 0 Å². The van der Waals surface area contributed by atoms with Gasteiger partial charge in [0.2, 0.25) is 0 Å². The molecule has 2 nitrogen and oxygen atoms in total. The third-order valence-corrected chi connectivity index (χ3v) is 4.87. The summed E-state index contributed by atoms with van der Waals surface area (Å²) in [5, 5.41) is 0. The van der Waals surface area contributed by atoms with Crippen LogP contribution in [0.2, 0.25) is 0 Å². The number of hydrogen-bond donors (Lipinski definition) is 0. The number of ether oxygens (including phenoxy) is 1. The molecule has 0 amide bonds. The zero-order valence-electron chi connectivity index (χ0n) is 7.91. The lowest BCUT2D eigenvalue weighted by molar-refractivity contribution is -0.137. The van der Waals surface area contributed by atoms with Gasteiger partial charge in [-0.15, -0.1) is 23.5 Å². The van der Waals surface area contributed by atoms with E-state index in [0.29, 0.717) is 6.61 Å². The van der Waals surface area contributed by atoms with Gasteiger partial charge in [0.1, 0.15) is 0 Å². The van der Waals surface area contributed by atoms with Crippen molar-refractivity contribution in [2.75, 3.05) is 18.1 Å². The van der Waals surface area contributed by atoms with Crippen molar-refractivity contribution in [2.24, 2.45) is 0 Å². The predicted molar refractivity (Wildman–Crippen MR) is 59.1 cm³/mol. The van der Waals surface area contributed by atoms with Crippen molar-refractivity contribution in [3.05, 3.63) is 12.2 Å². The highest BCUT2D eigenvalue weighted by atomic mass is 32.2. The Bertz CT molecular complexity index is 208. The molecule has 1 rings (SSSR count). The highest BCUT2D eigenvalue weighted by Crippen LogP contribution is 2.44. The standard InChI is InChI=1S/C9H14O2S2/c1-3-11-8(10)4-5-9(2)12-6-7-13-9/h4-5H,3,6-7H2,1-2H3/b5-4+. The molecule has 0 N–H and O–H groups in total. The molecule has 0 aliphatic carbocycles. The van der Waals surface area contributed by atoms with E-state index in [1.54, 1.807) is 0 Å². The van der Waals surface area contributed by atoms with E-state index in [9.17, 15) is 4.79 Å². The van der Waals surface area contributed by atoms with Crippen molar-refractivity contribution in [1.82, 2.24) is 0 Å². The van der Waals surface area contributed by atoms with Crippen molar-refractivity contribution >= 4 is 29.5 Å². The van der Waals surface area contributed by atoms with E-state index in [4.69, 9.17) is 4.74 Å². The van der Waals surface area contributed by atoms with E-state index in [1.807, 2.05) is 36.5 Å². The second kappa shape index (κ2) is 4.96. The molecule has 13 heavy (non-hydrogen) atoms. The summed E-state index contributed by atoms with van der Waals surface area (Å²) in [7, 11) is 0. The molecule has 0 atom stereocenters. The van der Waals surface area contributed by atoms with Gasteiger partial charge in [0.15, 0.2) is 0 Å². The molecule has 0 spiro atoms. The van der Waals surface area contributed by atoms with Crippen LogP contribution in [0, 0.1) is 0 Å². The Kier molecular flexibility index (Phi) is 4.19. The van der Waals surface area contributed by atoms with E-state index in [2.05, 4.69) is 6.92 Å². The Morgan fingerprint density at radius 1 is 1.54 bits per heavy atom. The molecule has 0 bridgehead atoms. The maximum Gasteiger partial charge on any atom is 0.330 e. The Labute approximate surface area is 87.5 Å². The Morgan fingerprint density at radius 2 is 2.15 bits per heavy atom. The van der Waals surface area contributed by atoms with Gasteiger partial charge < -0.3 is 4.74 Å². The SMILES string of the molecule is CCOC(=O)/C=C/C1(C)SCCS1. The van der Waals surface area contributed by atoms with Crippen molar-refractivity contribution in [2.45, 2.75) is 17.9 Å². The van der Waals surface area contributed by atoms with Crippen LogP contribution in [-0.2, 0) is 9.53 Å². The van der Waals surface area contributed by atoms with Crippen molar-refractivity contribution < 1.29 is 9.53 Å². The molecule has 1 saturated heterocycles. The summed E-state index contributed by atoms with van der Waals surface area (Å²) in [6.07, 6.45) is 3.47. The summed E-state index contributed by atoms with van der Waals surface area (Å²) < 4.78 is 4.88. The van der Waals surface area contributed by atoms with Gasteiger partial charge in [0, 0.05) is 17.6 Å². The van der Waals surface area contributed by atoms with Crippen LogP contribution in [0.3, 0.4) is 0 Å². The average molecular weight is 218 g/mol. The molecular weight excluding hydrogens is 204 g/mol. The molecule has 0 aromatic rings. The molecule has 1 aliphatic rings. The third kappa shape index (κ3) is 3.65. The maximum absolute atomic E-state index is 11.0. The van der Waals surface area contributed by atoms with Crippen LogP contribution in [0.15, 0.2) is 12.2 Å². The molecule has 74 valence electrons. The summed E-state index contributed by atoms with van der Waals surface area (Å²) in [4.78, 5) is 11.0. The minimum absolute atomic E-state index is 0.0762. The van der Waals surface area contributed by atoms with Crippen LogP contribution in [-0.4, -0.2) is 28.2 Å².